The van der Waals surface area contributed by atoms with Gasteiger partial charge < -0.3 is 19.3 Å². The zero-order valence-electron chi connectivity index (χ0n) is 17.1. The summed E-state index contributed by atoms with van der Waals surface area (Å²) in [5.41, 5.74) is 9.75. The number of ether oxygens (including phenoxy) is 1. The maximum atomic E-state index is 13.0. The Labute approximate surface area is 178 Å². The Morgan fingerprint density at radius 2 is 2.16 bits per heavy atom. The maximum absolute atomic E-state index is 13.0. The first-order valence-electron chi connectivity index (χ1n) is 10.2. The van der Waals surface area contributed by atoms with E-state index in [1.54, 1.807) is 6.20 Å². The number of carbonyl (C=O) groups excluding carboxylic acids is 1. The molecule has 0 aromatic carbocycles. The van der Waals surface area contributed by atoms with Crippen LogP contribution in [0.5, 0.6) is 0 Å². The van der Waals surface area contributed by atoms with Gasteiger partial charge in [0.1, 0.15) is 23.3 Å². The van der Waals surface area contributed by atoms with Crippen molar-refractivity contribution in [2.75, 3.05) is 18.9 Å². The molecule has 158 valence electrons. The van der Waals surface area contributed by atoms with Crippen molar-refractivity contribution in [2.24, 2.45) is 5.92 Å². The number of ketones is 1. The van der Waals surface area contributed by atoms with Gasteiger partial charge in [-0.1, -0.05) is 0 Å². The van der Waals surface area contributed by atoms with E-state index in [9.17, 15) is 4.79 Å². The van der Waals surface area contributed by atoms with E-state index < -0.39 is 0 Å². The molecule has 1 atom stereocenters. The highest BCUT2D eigenvalue weighted by Gasteiger charge is 2.24. The largest absolute Gasteiger partial charge is 0.443 e. The molecule has 1 fully saturated rings. The highest BCUT2D eigenvalue weighted by Crippen LogP contribution is 2.31. The van der Waals surface area contributed by atoms with Crippen LogP contribution >= 0.6 is 0 Å². The Balaban J connectivity index is 1.57. The van der Waals surface area contributed by atoms with E-state index in [0.717, 1.165) is 36.4 Å². The van der Waals surface area contributed by atoms with Crippen molar-refractivity contribution in [3.05, 3.63) is 48.4 Å². The molecule has 4 aromatic rings. The minimum absolute atomic E-state index is 0.0736. The number of fused-ring (bicyclic) bond motifs is 1. The monoisotopic (exact) mass is 418 g/mol. The van der Waals surface area contributed by atoms with Crippen LogP contribution in [0, 0.1) is 12.8 Å². The lowest BCUT2D eigenvalue weighted by atomic mass is 9.99. The van der Waals surface area contributed by atoms with Gasteiger partial charge in [-0.2, -0.15) is 0 Å². The third-order valence-corrected chi connectivity index (χ3v) is 5.59. The summed E-state index contributed by atoms with van der Waals surface area (Å²) in [5, 5.41) is 0. The number of oxazole rings is 1. The third kappa shape index (κ3) is 3.68. The molecule has 0 amide bonds. The molecule has 1 saturated heterocycles. The Hall–Kier alpha value is -3.59. The van der Waals surface area contributed by atoms with Gasteiger partial charge in [0.25, 0.3) is 0 Å². The van der Waals surface area contributed by atoms with Crippen LogP contribution in [-0.4, -0.2) is 43.3 Å². The summed E-state index contributed by atoms with van der Waals surface area (Å²) < 4.78 is 12.8. The average Bonchev–Trinajstić information content (AvgIpc) is 3.55. The molecule has 1 aliphatic rings. The van der Waals surface area contributed by atoms with E-state index >= 15 is 0 Å². The van der Waals surface area contributed by atoms with Crippen molar-refractivity contribution in [1.29, 1.82) is 0 Å². The van der Waals surface area contributed by atoms with Crippen molar-refractivity contribution in [3.63, 3.8) is 0 Å². The summed E-state index contributed by atoms with van der Waals surface area (Å²) in [6, 6.07) is 3.78. The first kappa shape index (κ1) is 19.4. The van der Waals surface area contributed by atoms with Crippen molar-refractivity contribution >= 4 is 17.2 Å². The number of aryl methyl sites for hydroxylation is 1. The van der Waals surface area contributed by atoms with Crippen LogP contribution in [0.2, 0.25) is 0 Å². The summed E-state index contributed by atoms with van der Waals surface area (Å²) in [5.74, 6) is 0.635. The SMILES string of the molecule is Cc1cnc2ccc(-c3nc(C(=O)CCC4CCOC4)c(N)nc3-c3ncco3)cn12. The number of nitrogen functional groups attached to an aromatic ring is 1. The fraction of sp³-hybridized carbons (Fsp3) is 0.318. The molecule has 9 nitrogen and oxygen atoms in total. The lowest BCUT2D eigenvalue weighted by molar-refractivity contribution is 0.0967. The van der Waals surface area contributed by atoms with E-state index in [0.29, 0.717) is 36.2 Å². The second kappa shape index (κ2) is 7.92. The van der Waals surface area contributed by atoms with Crippen LogP contribution in [0.15, 0.2) is 41.4 Å². The molecule has 0 aliphatic carbocycles. The van der Waals surface area contributed by atoms with Crippen LogP contribution in [0.1, 0.15) is 35.4 Å². The number of rotatable bonds is 6. The Kier molecular flexibility index (Phi) is 4.95. The fourth-order valence-electron chi connectivity index (χ4n) is 3.85. The second-order valence-electron chi connectivity index (χ2n) is 7.73. The van der Waals surface area contributed by atoms with Gasteiger partial charge in [0.2, 0.25) is 5.89 Å². The molecule has 2 N–H and O–H groups in total. The predicted octanol–water partition coefficient (Wildman–Crippen LogP) is 3.34. The Morgan fingerprint density at radius 1 is 1.26 bits per heavy atom. The van der Waals surface area contributed by atoms with Crippen molar-refractivity contribution in [1.82, 2.24) is 24.3 Å². The zero-order valence-corrected chi connectivity index (χ0v) is 17.1. The standard InChI is InChI=1S/C22H22N6O3/c1-13-10-25-17-5-3-15(11-28(13)17)18-20(22-24-7-9-31-22)27-21(23)19(26-18)16(29)4-2-14-6-8-30-12-14/h3,5,7,9-11,14H,2,4,6,8,12H2,1H3,(H2,23,27). The molecule has 31 heavy (non-hydrogen) atoms. The molecule has 4 aromatic heterocycles. The van der Waals surface area contributed by atoms with E-state index in [2.05, 4.69) is 19.9 Å². The minimum atomic E-state index is -0.128. The van der Waals surface area contributed by atoms with Crippen LogP contribution in [0.3, 0.4) is 0 Å². The van der Waals surface area contributed by atoms with Crippen LogP contribution in [0.25, 0.3) is 28.5 Å². The number of nitrogens with zero attached hydrogens (tertiary/aromatic N) is 5. The maximum Gasteiger partial charge on any atom is 0.247 e. The highest BCUT2D eigenvalue weighted by molar-refractivity contribution is 5.99. The fourth-order valence-corrected chi connectivity index (χ4v) is 3.85. The third-order valence-electron chi connectivity index (χ3n) is 5.59. The van der Waals surface area contributed by atoms with Crippen molar-refractivity contribution in [3.8, 4) is 22.8 Å². The number of Topliss-reactive ketones (excluding diaryl/α,β-unsaturated/α-hetero) is 1. The molecular formula is C22H22N6O3. The number of carbonyl (C=O) groups is 1. The molecule has 0 spiro atoms. The quantitative estimate of drug-likeness (QED) is 0.473. The molecule has 0 radical (unpaired) electrons. The number of imidazole rings is 1. The average molecular weight is 418 g/mol. The van der Waals surface area contributed by atoms with Crippen molar-refractivity contribution in [2.45, 2.75) is 26.2 Å². The van der Waals surface area contributed by atoms with Gasteiger partial charge in [0.05, 0.1) is 6.20 Å². The van der Waals surface area contributed by atoms with Crippen LogP contribution in [-0.2, 0) is 4.74 Å². The van der Waals surface area contributed by atoms with Gasteiger partial charge in [-0.3, -0.25) is 4.79 Å². The first-order chi connectivity index (χ1) is 15.1. The lowest BCUT2D eigenvalue weighted by Crippen LogP contribution is -2.13. The van der Waals surface area contributed by atoms with E-state index in [-0.39, 0.29) is 17.3 Å². The number of hydrogen-bond acceptors (Lipinski definition) is 8. The summed E-state index contributed by atoms with van der Waals surface area (Å²) in [7, 11) is 0. The van der Waals surface area contributed by atoms with Gasteiger partial charge in [-0.15, -0.1) is 0 Å². The normalized spacial score (nSPS) is 16.2. The topological polar surface area (TPSA) is 121 Å². The Morgan fingerprint density at radius 3 is 2.94 bits per heavy atom. The molecule has 0 saturated carbocycles. The number of hydrogen-bond donors (Lipinski definition) is 1. The molecule has 5 rings (SSSR count). The van der Waals surface area contributed by atoms with Gasteiger partial charge in [-0.25, -0.2) is 19.9 Å². The van der Waals surface area contributed by atoms with Crippen molar-refractivity contribution < 1.29 is 13.9 Å². The second-order valence-corrected chi connectivity index (χ2v) is 7.73. The summed E-state index contributed by atoms with van der Waals surface area (Å²) in [6.07, 6.45) is 8.78. The van der Waals surface area contributed by atoms with Gasteiger partial charge >= 0.3 is 0 Å². The first-order valence-corrected chi connectivity index (χ1v) is 10.2. The van der Waals surface area contributed by atoms with E-state index in [1.165, 1.54) is 12.5 Å². The van der Waals surface area contributed by atoms with E-state index in [1.807, 2.05) is 29.7 Å². The van der Waals surface area contributed by atoms with Crippen LogP contribution in [0.4, 0.5) is 5.82 Å². The lowest BCUT2D eigenvalue weighted by Gasteiger charge is -2.12. The van der Waals surface area contributed by atoms with Gasteiger partial charge in [-0.05, 0) is 37.8 Å². The predicted molar refractivity (Wildman–Crippen MR) is 113 cm³/mol. The summed E-state index contributed by atoms with van der Waals surface area (Å²) >= 11 is 0. The highest BCUT2D eigenvalue weighted by atomic mass is 16.5. The van der Waals surface area contributed by atoms with Gasteiger partial charge in [0.15, 0.2) is 17.3 Å². The number of nitrogens with two attached hydrogens (primary N) is 1. The van der Waals surface area contributed by atoms with Crippen LogP contribution < -0.4 is 5.73 Å². The number of pyridine rings is 1. The van der Waals surface area contributed by atoms with Gasteiger partial charge in [0, 0.05) is 43.3 Å². The molecule has 9 heteroatoms. The summed E-state index contributed by atoms with van der Waals surface area (Å²) in [4.78, 5) is 30.6. The number of anilines is 1. The Bertz CT molecular complexity index is 1240. The zero-order chi connectivity index (χ0) is 21.4. The molecule has 5 heterocycles. The minimum Gasteiger partial charge on any atom is -0.443 e. The molecule has 1 aliphatic heterocycles. The number of aromatic nitrogens is 5. The molecule has 1 unspecified atom stereocenters. The van der Waals surface area contributed by atoms with E-state index in [4.69, 9.17) is 14.9 Å². The smallest absolute Gasteiger partial charge is 0.247 e. The summed E-state index contributed by atoms with van der Waals surface area (Å²) in [6.45, 7) is 3.42. The molecule has 0 bridgehead atoms. The molecular weight excluding hydrogens is 396 g/mol.